The van der Waals surface area contributed by atoms with Crippen LogP contribution in [0.25, 0.3) is 4.96 Å². The number of rotatable bonds is 8. The first-order valence-electron chi connectivity index (χ1n) is 7.20. The molecule has 0 aromatic carbocycles. The second-order valence-electron chi connectivity index (χ2n) is 5.13. The molecule has 0 bridgehead atoms. The molecule has 0 aliphatic heterocycles. The van der Waals surface area contributed by atoms with E-state index in [0.717, 1.165) is 25.7 Å². The molecule has 2 rings (SSSR count). The molecule has 2 aromatic heterocycles. The minimum absolute atomic E-state index is 0.0455. The van der Waals surface area contributed by atoms with Gasteiger partial charge in [0.2, 0.25) is 0 Å². The van der Waals surface area contributed by atoms with Crippen molar-refractivity contribution in [3.8, 4) is 0 Å². The van der Waals surface area contributed by atoms with Crippen LogP contribution in [-0.4, -0.2) is 24.3 Å². The predicted molar refractivity (Wildman–Crippen MR) is 86.0 cm³/mol. The fourth-order valence-electron chi connectivity index (χ4n) is 2.29. The Labute approximate surface area is 129 Å². The van der Waals surface area contributed by atoms with Crippen LogP contribution in [0.15, 0.2) is 16.6 Å². The molecule has 3 N–H and O–H groups in total. The normalized spacial score (nSPS) is 13.8. The lowest BCUT2D eigenvalue weighted by Gasteiger charge is -2.15. The zero-order chi connectivity index (χ0) is 15.5. The number of aromatic nitrogens is 2. The summed E-state index contributed by atoms with van der Waals surface area (Å²) < 4.78 is 29.1. The second-order valence-corrected chi connectivity index (χ2v) is 7.68. The van der Waals surface area contributed by atoms with Crippen molar-refractivity contribution in [2.75, 3.05) is 12.3 Å². The Bertz CT molecular complexity index is 690. The van der Waals surface area contributed by atoms with Crippen LogP contribution in [0, 0.1) is 5.92 Å². The Morgan fingerprint density at radius 1 is 1.48 bits per heavy atom. The molecule has 118 valence electrons. The lowest BCUT2D eigenvalue weighted by molar-refractivity contribution is 0.443. The van der Waals surface area contributed by atoms with Gasteiger partial charge in [0.15, 0.2) is 15.8 Å². The maximum absolute atomic E-state index is 12.5. The number of nitrogens with two attached hydrogens (primary N) is 1. The molecule has 2 aromatic rings. The van der Waals surface area contributed by atoms with E-state index in [1.807, 2.05) is 0 Å². The summed E-state index contributed by atoms with van der Waals surface area (Å²) in [5, 5.41) is 1.83. The summed E-state index contributed by atoms with van der Waals surface area (Å²) in [6.45, 7) is 4.66. The Hall–Kier alpha value is -1.12. The van der Waals surface area contributed by atoms with Crippen molar-refractivity contribution >= 4 is 32.1 Å². The van der Waals surface area contributed by atoms with Crippen LogP contribution >= 0.6 is 11.3 Å². The predicted octanol–water partition coefficient (Wildman–Crippen LogP) is 2.47. The topological polar surface area (TPSA) is 89.5 Å². The van der Waals surface area contributed by atoms with Gasteiger partial charge in [0.05, 0.1) is 0 Å². The number of nitrogens with zero attached hydrogens (tertiary/aromatic N) is 2. The fraction of sp³-hybridized carbons (Fsp3) is 0.615. The molecule has 6 nitrogen and oxygen atoms in total. The van der Waals surface area contributed by atoms with Crippen molar-refractivity contribution in [3.05, 3.63) is 11.6 Å². The number of hydrogen-bond donors (Lipinski definition) is 2. The first kappa shape index (κ1) is 16.3. The van der Waals surface area contributed by atoms with Gasteiger partial charge in [-0.15, -0.1) is 11.3 Å². The van der Waals surface area contributed by atoms with E-state index in [-0.39, 0.29) is 10.8 Å². The van der Waals surface area contributed by atoms with Gasteiger partial charge in [0.1, 0.15) is 0 Å². The average Bonchev–Trinajstić information content (AvgIpc) is 2.98. The van der Waals surface area contributed by atoms with E-state index in [1.54, 1.807) is 11.6 Å². The second kappa shape index (κ2) is 6.76. The molecule has 0 radical (unpaired) electrons. The number of nitrogens with one attached hydrogen (secondary N) is 1. The van der Waals surface area contributed by atoms with Crippen LogP contribution in [0.3, 0.4) is 0 Å². The van der Waals surface area contributed by atoms with Gasteiger partial charge < -0.3 is 5.73 Å². The highest BCUT2D eigenvalue weighted by Gasteiger charge is 2.25. The van der Waals surface area contributed by atoms with E-state index >= 15 is 0 Å². The van der Waals surface area contributed by atoms with E-state index in [1.165, 1.54) is 15.7 Å². The highest BCUT2D eigenvalue weighted by Crippen LogP contribution is 2.23. The van der Waals surface area contributed by atoms with E-state index < -0.39 is 10.0 Å². The molecule has 0 saturated heterocycles. The summed E-state index contributed by atoms with van der Waals surface area (Å²) in [5.41, 5.74) is 5.76. The first-order chi connectivity index (χ1) is 9.99. The molecular weight excluding hydrogens is 308 g/mol. The van der Waals surface area contributed by atoms with Gasteiger partial charge in [-0.05, 0) is 12.3 Å². The van der Waals surface area contributed by atoms with E-state index in [4.69, 9.17) is 5.73 Å². The van der Waals surface area contributed by atoms with Gasteiger partial charge in [-0.1, -0.05) is 33.1 Å². The van der Waals surface area contributed by atoms with Crippen LogP contribution in [-0.2, 0) is 10.0 Å². The van der Waals surface area contributed by atoms with E-state index in [2.05, 4.69) is 23.6 Å². The maximum Gasteiger partial charge on any atom is 0.260 e. The van der Waals surface area contributed by atoms with Gasteiger partial charge >= 0.3 is 0 Å². The summed E-state index contributed by atoms with van der Waals surface area (Å²) in [4.78, 5) is 4.67. The van der Waals surface area contributed by atoms with Crippen molar-refractivity contribution in [3.63, 3.8) is 0 Å². The van der Waals surface area contributed by atoms with Gasteiger partial charge in [0.25, 0.3) is 10.0 Å². The Kier molecular flexibility index (Phi) is 5.23. The van der Waals surface area contributed by atoms with Crippen molar-refractivity contribution in [1.29, 1.82) is 0 Å². The van der Waals surface area contributed by atoms with Crippen LogP contribution in [0.4, 0.5) is 5.82 Å². The van der Waals surface area contributed by atoms with Gasteiger partial charge in [-0.2, -0.15) is 0 Å². The summed E-state index contributed by atoms with van der Waals surface area (Å²) in [5.74, 6) is 0.405. The van der Waals surface area contributed by atoms with Crippen LogP contribution in [0.2, 0.25) is 0 Å². The van der Waals surface area contributed by atoms with Gasteiger partial charge in [-0.25, -0.2) is 18.1 Å². The lowest BCUT2D eigenvalue weighted by atomic mass is 10.00. The molecule has 0 aliphatic carbocycles. The number of thiazole rings is 1. The number of sulfonamides is 1. The van der Waals surface area contributed by atoms with Gasteiger partial charge in [0, 0.05) is 18.1 Å². The molecule has 0 spiro atoms. The summed E-state index contributed by atoms with van der Waals surface area (Å²) in [6, 6.07) is 0. The van der Waals surface area contributed by atoms with Gasteiger partial charge in [-0.3, -0.25) is 4.40 Å². The van der Waals surface area contributed by atoms with Crippen LogP contribution < -0.4 is 10.5 Å². The van der Waals surface area contributed by atoms with Crippen molar-refractivity contribution in [2.24, 2.45) is 5.92 Å². The molecule has 8 heteroatoms. The molecule has 0 saturated carbocycles. The van der Waals surface area contributed by atoms with Crippen molar-refractivity contribution in [1.82, 2.24) is 14.1 Å². The van der Waals surface area contributed by atoms with E-state index in [9.17, 15) is 8.42 Å². The third kappa shape index (κ3) is 3.56. The van der Waals surface area contributed by atoms with E-state index in [0.29, 0.717) is 17.4 Å². The highest BCUT2D eigenvalue weighted by atomic mass is 32.2. The Morgan fingerprint density at radius 2 is 2.24 bits per heavy atom. The number of hydrogen-bond acceptors (Lipinski definition) is 5. The number of unbranched alkanes of at least 4 members (excludes halogenated alkanes) is 1. The molecule has 2 heterocycles. The number of imidazole rings is 1. The molecular formula is C13H22N4O2S2. The average molecular weight is 330 g/mol. The number of fused-ring (bicyclic) bond motifs is 1. The smallest absolute Gasteiger partial charge is 0.260 e. The number of nitrogen functional groups attached to an aromatic ring is 1. The highest BCUT2D eigenvalue weighted by molar-refractivity contribution is 7.89. The minimum Gasteiger partial charge on any atom is -0.381 e. The molecule has 0 aliphatic rings. The molecule has 0 fully saturated rings. The summed E-state index contributed by atoms with van der Waals surface area (Å²) >= 11 is 1.36. The number of anilines is 1. The molecule has 0 amide bonds. The van der Waals surface area contributed by atoms with Crippen LogP contribution in [0.1, 0.15) is 39.5 Å². The summed E-state index contributed by atoms with van der Waals surface area (Å²) in [7, 11) is -3.64. The minimum atomic E-state index is -3.64. The quantitative estimate of drug-likeness (QED) is 0.778. The van der Waals surface area contributed by atoms with Crippen LogP contribution in [0.5, 0.6) is 0 Å². The summed E-state index contributed by atoms with van der Waals surface area (Å²) in [6.07, 6.45) is 5.90. The zero-order valence-electron chi connectivity index (χ0n) is 12.4. The third-order valence-corrected chi connectivity index (χ3v) is 5.82. The standard InChI is InChI=1S/C13H22N4O2S2/c1-3-5-6-10(4-2)9-15-21(18,19)12-11(14)16-13-17(12)7-8-20-13/h7-8,10,15H,3-6,9,14H2,1-2H3. The van der Waals surface area contributed by atoms with Crippen molar-refractivity contribution < 1.29 is 8.42 Å². The first-order valence-corrected chi connectivity index (χ1v) is 9.56. The molecule has 1 unspecified atom stereocenters. The Morgan fingerprint density at radius 3 is 2.90 bits per heavy atom. The maximum atomic E-state index is 12.5. The fourth-order valence-corrected chi connectivity index (χ4v) is 4.39. The Balaban J connectivity index is 2.15. The van der Waals surface area contributed by atoms with Crippen molar-refractivity contribution in [2.45, 2.75) is 44.6 Å². The lowest BCUT2D eigenvalue weighted by Crippen LogP contribution is -2.30. The SMILES string of the molecule is CCCCC(CC)CNS(=O)(=O)c1c(N)nc2sccn12. The third-order valence-electron chi connectivity index (χ3n) is 3.60. The monoisotopic (exact) mass is 330 g/mol. The largest absolute Gasteiger partial charge is 0.381 e. The molecule has 1 atom stereocenters. The zero-order valence-corrected chi connectivity index (χ0v) is 14.0. The molecule has 21 heavy (non-hydrogen) atoms.